The Hall–Kier alpha value is -2.20. The number of ether oxygens (including phenoxy) is 1. The van der Waals surface area contributed by atoms with Gasteiger partial charge in [0.2, 0.25) is 0 Å². The standard InChI is InChI=1S/C15H22N2O7/c1-10(2)9-13(14(18)19)16-15(20)24-12-5-3-11(4-6-12)7-8-23-17(21)22/h3-6,10,13,21-22H,7-9H2,1-2H3,(H,16,20)(H,18,19). The van der Waals surface area contributed by atoms with Gasteiger partial charge in [0.05, 0.1) is 12.0 Å². The molecule has 0 aromatic heterocycles. The van der Waals surface area contributed by atoms with E-state index in [0.717, 1.165) is 5.56 Å². The number of carbonyl (C=O) groups excluding carboxylic acids is 1. The summed E-state index contributed by atoms with van der Waals surface area (Å²) < 4.78 is 5.04. The number of benzene rings is 1. The fourth-order valence-corrected chi connectivity index (χ4v) is 1.94. The van der Waals surface area contributed by atoms with Gasteiger partial charge in [-0.15, -0.1) is 0 Å². The van der Waals surface area contributed by atoms with Crippen LogP contribution in [0.1, 0.15) is 25.8 Å². The lowest BCUT2D eigenvalue weighted by Crippen LogP contribution is -2.43. The number of hydrogen-bond acceptors (Lipinski definition) is 7. The summed E-state index contributed by atoms with van der Waals surface area (Å²) in [5, 5.41) is 27.8. The molecule has 9 nitrogen and oxygen atoms in total. The summed E-state index contributed by atoms with van der Waals surface area (Å²) in [4.78, 5) is 27.3. The van der Waals surface area contributed by atoms with Crippen molar-refractivity contribution in [2.75, 3.05) is 6.61 Å². The molecule has 1 atom stereocenters. The van der Waals surface area contributed by atoms with Crippen molar-refractivity contribution in [3.8, 4) is 5.75 Å². The third-order valence-corrected chi connectivity index (χ3v) is 3.03. The summed E-state index contributed by atoms with van der Waals surface area (Å²) in [6, 6.07) is 5.43. The highest BCUT2D eigenvalue weighted by Gasteiger charge is 2.22. The lowest BCUT2D eigenvalue weighted by molar-refractivity contribution is -0.492. The van der Waals surface area contributed by atoms with Crippen LogP contribution in [0.5, 0.6) is 5.75 Å². The average Bonchev–Trinajstić information content (AvgIpc) is 2.47. The number of aliphatic carboxylic acids is 1. The van der Waals surface area contributed by atoms with Gasteiger partial charge in [0.25, 0.3) is 0 Å². The van der Waals surface area contributed by atoms with E-state index in [2.05, 4.69) is 10.2 Å². The first-order chi connectivity index (χ1) is 11.3. The van der Waals surface area contributed by atoms with E-state index in [9.17, 15) is 9.59 Å². The minimum absolute atomic E-state index is 0.0587. The Balaban J connectivity index is 2.50. The van der Waals surface area contributed by atoms with E-state index < -0.39 is 18.1 Å². The van der Waals surface area contributed by atoms with Crippen molar-refractivity contribution >= 4 is 12.1 Å². The van der Waals surface area contributed by atoms with Crippen LogP contribution in [0.15, 0.2) is 24.3 Å². The lowest BCUT2D eigenvalue weighted by Gasteiger charge is -2.16. The molecule has 24 heavy (non-hydrogen) atoms. The first-order valence-corrected chi connectivity index (χ1v) is 7.38. The molecule has 0 saturated heterocycles. The highest BCUT2D eigenvalue weighted by Crippen LogP contribution is 2.13. The highest BCUT2D eigenvalue weighted by atomic mass is 17.1. The van der Waals surface area contributed by atoms with E-state index in [1.807, 2.05) is 13.8 Å². The molecule has 0 aliphatic rings. The number of nitrogens with one attached hydrogen (secondary N) is 1. The summed E-state index contributed by atoms with van der Waals surface area (Å²) in [6.07, 6.45) is -0.120. The predicted molar refractivity (Wildman–Crippen MR) is 81.5 cm³/mol. The van der Waals surface area contributed by atoms with Crippen LogP contribution in [0.2, 0.25) is 0 Å². The number of carbonyl (C=O) groups is 2. The zero-order chi connectivity index (χ0) is 18.1. The van der Waals surface area contributed by atoms with Crippen LogP contribution in [-0.4, -0.2) is 45.6 Å². The molecule has 0 spiro atoms. The van der Waals surface area contributed by atoms with Gasteiger partial charge in [-0.05, 0) is 36.5 Å². The maximum absolute atomic E-state index is 11.8. The van der Waals surface area contributed by atoms with E-state index in [4.69, 9.17) is 20.3 Å². The maximum Gasteiger partial charge on any atom is 0.413 e. The second kappa shape index (κ2) is 9.83. The molecule has 1 aromatic carbocycles. The number of carboxylic acid groups (broad SMARTS) is 1. The normalized spacial score (nSPS) is 12.2. The van der Waals surface area contributed by atoms with E-state index in [1.165, 1.54) is 0 Å². The molecule has 0 aliphatic heterocycles. The smallest absolute Gasteiger partial charge is 0.413 e. The van der Waals surface area contributed by atoms with Crippen LogP contribution >= 0.6 is 0 Å². The molecule has 0 saturated carbocycles. The van der Waals surface area contributed by atoms with Gasteiger partial charge in [0.15, 0.2) is 0 Å². The molecule has 1 rings (SSSR count). The molecular weight excluding hydrogens is 320 g/mol. The zero-order valence-electron chi connectivity index (χ0n) is 13.5. The van der Waals surface area contributed by atoms with Crippen molar-refractivity contribution in [1.29, 1.82) is 0 Å². The Morgan fingerprint density at radius 3 is 2.33 bits per heavy atom. The summed E-state index contributed by atoms with van der Waals surface area (Å²) in [5.41, 5.74) is 0.827. The molecule has 0 fully saturated rings. The van der Waals surface area contributed by atoms with Gasteiger partial charge in [-0.1, -0.05) is 26.0 Å². The fraction of sp³-hybridized carbons (Fsp3) is 0.467. The largest absolute Gasteiger partial charge is 0.480 e. The lowest BCUT2D eigenvalue weighted by atomic mass is 10.0. The van der Waals surface area contributed by atoms with Crippen LogP contribution in [0.25, 0.3) is 0 Å². The Bertz CT molecular complexity index is 531. The topological polar surface area (TPSA) is 129 Å². The minimum atomic E-state index is -1.11. The fourth-order valence-electron chi connectivity index (χ4n) is 1.94. The molecule has 1 amide bonds. The molecule has 4 N–H and O–H groups in total. The van der Waals surface area contributed by atoms with Crippen LogP contribution in [0.3, 0.4) is 0 Å². The molecule has 1 unspecified atom stereocenters. The maximum atomic E-state index is 11.8. The first kappa shape index (κ1) is 19.8. The number of hydrogen-bond donors (Lipinski definition) is 4. The third-order valence-electron chi connectivity index (χ3n) is 3.03. The van der Waals surface area contributed by atoms with Crippen molar-refractivity contribution in [2.45, 2.75) is 32.7 Å². The molecular formula is C15H22N2O7. The van der Waals surface area contributed by atoms with Crippen molar-refractivity contribution in [1.82, 2.24) is 10.7 Å². The Morgan fingerprint density at radius 1 is 1.21 bits per heavy atom. The summed E-state index contributed by atoms with van der Waals surface area (Å²) in [6.45, 7) is 3.78. The van der Waals surface area contributed by atoms with Gasteiger partial charge in [-0.25, -0.2) is 9.59 Å². The van der Waals surface area contributed by atoms with Crippen molar-refractivity contribution in [3.63, 3.8) is 0 Å². The van der Waals surface area contributed by atoms with Crippen molar-refractivity contribution in [2.24, 2.45) is 5.92 Å². The zero-order valence-corrected chi connectivity index (χ0v) is 13.5. The summed E-state index contributed by atoms with van der Waals surface area (Å²) >= 11 is 0. The monoisotopic (exact) mass is 342 g/mol. The molecule has 9 heteroatoms. The second-order valence-electron chi connectivity index (χ2n) is 5.53. The van der Waals surface area contributed by atoms with Gasteiger partial charge < -0.3 is 15.2 Å². The average molecular weight is 342 g/mol. The first-order valence-electron chi connectivity index (χ1n) is 7.38. The number of carboxylic acids is 1. The number of rotatable bonds is 9. The van der Waals surface area contributed by atoms with E-state index >= 15 is 0 Å². The molecule has 0 bridgehead atoms. The van der Waals surface area contributed by atoms with Gasteiger partial charge in [-0.2, -0.15) is 0 Å². The van der Waals surface area contributed by atoms with Crippen LogP contribution in [0.4, 0.5) is 4.79 Å². The van der Waals surface area contributed by atoms with Gasteiger partial charge in [0, 0.05) is 0 Å². The van der Waals surface area contributed by atoms with E-state index in [-0.39, 0.29) is 23.7 Å². The van der Waals surface area contributed by atoms with Crippen molar-refractivity contribution < 1.29 is 34.7 Å². The third kappa shape index (κ3) is 7.88. The molecule has 1 aromatic rings. The number of nitrogens with zero attached hydrogens (tertiary/aromatic N) is 1. The summed E-state index contributed by atoms with van der Waals surface area (Å²) in [7, 11) is 0. The Kier molecular flexibility index (Phi) is 8.13. The highest BCUT2D eigenvalue weighted by molar-refractivity contribution is 5.80. The predicted octanol–water partition coefficient (Wildman–Crippen LogP) is 1.83. The SMILES string of the molecule is CC(C)CC(NC(=O)Oc1ccc(CCON(O)O)cc1)C(=O)O. The van der Waals surface area contributed by atoms with Gasteiger partial charge in [-0.3, -0.25) is 15.3 Å². The quantitative estimate of drug-likeness (QED) is 0.500. The van der Waals surface area contributed by atoms with E-state index in [0.29, 0.717) is 12.8 Å². The second-order valence-corrected chi connectivity index (χ2v) is 5.53. The van der Waals surface area contributed by atoms with E-state index in [1.54, 1.807) is 24.3 Å². The number of amides is 1. The molecule has 134 valence electrons. The van der Waals surface area contributed by atoms with Crippen molar-refractivity contribution in [3.05, 3.63) is 29.8 Å². The Morgan fingerprint density at radius 2 is 1.83 bits per heavy atom. The van der Waals surface area contributed by atoms with Crippen LogP contribution in [-0.2, 0) is 16.1 Å². The molecule has 0 radical (unpaired) electrons. The molecule has 0 aliphatic carbocycles. The van der Waals surface area contributed by atoms with Gasteiger partial charge >= 0.3 is 12.1 Å². The van der Waals surface area contributed by atoms with Gasteiger partial charge in [0.1, 0.15) is 11.8 Å². The van der Waals surface area contributed by atoms with Crippen LogP contribution in [0, 0.1) is 5.92 Å². The molecule has 0 heterocycles. The Labute approximate surface area is 139 Å². The minimum Gasteiger partial charge on any atom is -0.480 e. The summed E-state index contributed by atoms with van der Waals surface area (Å²) in [5.74, 6) is -0.740. The van der Waals surface area contributed by atoms with Crippen LogP contribution < -0.4 is 10.1 Å².